The maximum absolute atomic E-state index is 12.9. The van der Waals surface area contributed by atoms with Crippen molar-refractivity contribution >= 4 is 5.91 Å². The average molecular weight is 310 g/mol. The molecule has 0 spiro atoms. The quantitative estimate of drug-likeness (QED) is 0.799. The number of amides is 1. The van der Waals surface area contributed by atoms with Gasteiger partial charge in [0, 0.05) is 12.1 Å². The van der Waals surface area contributed by atoms with Crippen molar-refractivity contribution in [2.75, 3.05) is 0 Å². The summed E-state index contributed by atoms with van der Waals surface area (Å²) in [4.78, 5) is 16.3. The fourth-order valence-electron chi connectivity index (χ4n) is 2.27. The number of nitrogens with one attached hydrogen (secondary N) is 1. The van der Waals surface area contributed by atoms with E-state index in [-0.39, 0.29) is 17.4 Å². The van der Waals surface area contributed by atoms with Crippen LogP contribution in [-0.2, 0) is 6.54 Å². The van der Waals surface area contributed by atoms with Gasteiger partial charge in [0.15, 0.2) is 17.8 Å². The summed E-state index contributed by atoms with van der Waals surface area (Å²) in [5.41, 5.74) is 2.91. The fourth-order valence-corrected chi connectivity index (χ4v) is 2.27. The van der Waals surface area contributed by atoms with Crippen LogP contribution in [0.3, 0.4) is 0 Å². The van der Waals surface area contributed by atoms with Crippen molar-refractivity contribution in [1.29, 1.82) is 0 Å². The van der Waals surface area contributed by atoms with E-state index in [2.05, 4.69) is 10.3 Å². The summed E-state index contributed by atoms with van der Waals surface area (Å²) >= 11 is 0. The zero-order valence-electron chi connectivity index (χ0n) is 12.5. The normalized spacial score (nSPS) is 10.5. The summed E-state index contributed by atoms with van der Waals surface area (Å²) in [6, 6.07) is 13.6. The van der Waals surface area contributed by atoms with Crippen LogP contribution in [0.25, 0.3) is 11.3 Å². The fraction of sp³-hybridized carbons (Fsp3) is 0.111. The molecule has 2 aromatic carbocycles. The highest BCUT2D eigenvalue weighted by atomic mass is 19.1. The highest BCUT2D eigenvalue weighted by Gasteiger charge is 2.18. The van der Waals surface area contributed by atoms with Crippen molar-refractivity contribution in [2.45, 2.75) is 13.5 Å². The van der Waals surface area contributed by atoms with Gasteiger partial charge in [-0.25, -0.2) is 9.37 Å². The minimum Gasteiger partial charge on any atom is -0.443 e. The smallest absolute Gasteiger partial charge is 0.274 e. The Morgan fingerprint density at radius 2 is 2.00 bits per heavy atom. The zero-order chi connectivity index (χ0) is 16.2. The van der Waals surface area contributed by atoms with Crippen LogP contribution < -0.4 is 5.32 Å². The molecule has 1 amide bonds. The van der Waals surface area contributed by atoms with Gasteiger partial charge in [-0.15, -0.1) is 0 Å². The number of aryl methyl sites for hydroxylation is 1. The molecule has 4 nitrogen and oxygen atoms in total. The number of hydrogen-bond donors (Lipinski definition) is 1. The van der Waals surface area contributed by atoms with Gasteiger partial charge in [-0.05, 0) is 30.7 Å². The number of halogens is 1. The van der Waals surface area contributed by atoms with Crippen LogP contribution in [0.4, 0.5) is 4.39 Å². The maximum Gasteiger partial charge on any atom is 0.274 e. The van der Waals surface area contributed by atoms with Gasteiger partial charge in [0.1, 0.15) is 5.82 Å². The lowest BCUT2D eigenvalue weighted by Crippen LogP contribution is -2.23. The van der Waals surface area contributed by atoms with Crippen LogP contribution in [0.15, 0.2) is 59.3 Å². The van der Waals surface area contributed by atoms with Crippen molar-refractivity contribution in [3.63, 3.8) is 0 Å². The minimum atomic E-state index is -0.334. The predicted octanol–water partition coefficient (Wildman–Crippen LogP) is 3.72. The van der Waals surface area contributed by atoms with Crippen LogP contribution >= 0.6 is 0 Å². The number of benzene rings is 2. The van der Waals surface area contributed by atoms with Gasteiger partial charge in [0.25, 0.3) is 5.91 Å². The second kappa shape index (κ2) is 6.44. The summed E-state index contributed by atoms with van der Waals surface area (Å²) in [7, 11) is 0. The van der Waals surface area contributed by atoms with Crippen molar-refractivity contribution in [2.24, 2.45) is 0 Å². The van der Waals surface area contributed by atoms with Gasteiger partial charge in [-0.1, -0.05) is 35.9 Å². The molecule has 0 saturated heterocycles. The zero-order valence-corrected chi connectivity index (χ0v) is 12.5. The molecule has 0 fully saturated rings. The van der Waals surface area contributed by atoms with E-state index >= 15 is 0 Å². The lowest BCUT2D eigenvalue weighted by molar-refractivity contribution is 0.0947. The molecule has 0 radical (unpaired) electrons. The Morgan fingerprint density at radius 3 is 2.74 bits per heavy atom. The Kier molecular flexibility index (Phi) is 4.19. The molecule has 0 atom stereocenters. The molecule has 23 heavy (non-hydrogen) atoms. The van der Waals surface area contributed by atoms with E-state index in [0.717, 1.165) is 16.7 Å². The van der Waals surface area contributed by atoms with Gasteiger partial charge < -0.3 is 9.73 Å². The standard InChI is InChI=1S/C18H15FN2O2/c1-12-3-2-4-14(9-12)17-16(21-11-23-17)18(22)20-10-13-5-7-15(19)8-6-13/h2-9,11H,10H2,1H3,(H,20,22). The molecular weight excluding hydrogens is 295 g/mol. The number of carbonyl (C=O) groups excluding carboxylic acids is 1. The monoisotopic (exact) mass is 310 g/mol. The van der Waals surface area contributed by atoms with E-state index in [1.165, 1.54) is 18.5 Å². The van der Waals surface area contributed by atoms with E-state index < -0.39 is 0 Å². The first-order valence-electron chi connectivity index (χ1n) is 7.16. The van der Waals surface area contributed by atoms with Crippen molar-refractivity contribution in [3.8, 4) is 11.3 Å². The molecule has 1 aromatic heterocycles. The third-order valence-corrected chi connectivity index (χ3v) is 3.43. The van der Waals surface area contributed by atoms with E-state index in [1.807, 2.05) is 31.2 Å². The Labute approximate surface area is 133 Å². The topological polar surface area (TPSA) is 55.1 Å². The average Bonchev–Trinajstić information content (AvgIpc) is 3.04. The molecule has 0 bridgehead atoms. The molecule has 1 N–H and O–H groups in total. The summed E-state index contributed by atoms with van der Waals surface area (Å²) in [5.74, 6) is -0.205. The number of rotatable bonds is 4. The molecule has 0 aliphatic heterocycles. The first-order chi connectivity index (χ1) is 11.1. The van der Waals surface area contributed by atoms with E-state index in [1.54, 1.807) is 12.1 Å². The van der Waals surface area contributed by atoms with Crippen molar-refractivity contribution < 1.29 is 13.6 Å². The first-order valence-corrected chi connectivity index (χ1v) is 7.16. The van der Waals surface area contributed by atoms with Crippen LogP contribution in [0, 0.1) is 12.7 Å². The van der Waals surface area contributed by atoms with E-state index in [4.69, 9.17) is 4.42 Å². The molecule has 5 heteroatoms. The van der Waals surface area contributed by atoms with Gasteiger partial charge in [0.05, 0.1) is 0 Å². The van der Waals surface area contributed by atoms with Crippen molar-refractivity contribution in [3.05, 3.63) is 77.6 Å². The first kappa shape index (κ1) is 15.0. The van der Waals surface area contributed by atoms with Crippen LogP contribution in [0.1, 0.15) is 21.6 Å². The second-order valence-corrected chi connectivity index (χ2v) is 5.21. The molecule has 0 saturated carbocycles. The van der Waals surface area contributed by atoms with Crippen LogP contribution in [0.2, 0.25) is 0 Å². The molecule has 1 heterocycles. The third-order valence-electron chi connectivity index (χ3n) is 3.43. The Balaban J connectivity index is 1.76. The molecule has 0 aliphatic carbocycles. The van der Waals surface area contributed by atoms with Gasteiger partial charge in [-0.2, -0.15) is 0 Å². The predicted molar refractivity (Wildman–Crippen MR) is 84.2 cm³/mol. The molecule has 0 unspecified atom stereocenters. The summed E-state index contributed by atoms with van der Waals surface area (Å²) in [6.07, 6.45) is 1.25. The number of oxazole rings is 1. The maximum atomic E-state index is 12.9. The lowest BCUT2D eigenvalue weighted by atomic mass is 10.1. The summed E-state index contributed by atoms with van der Waals surface area (Å²) in [5, 5.41) is 2.76. The highest BCUT2D eigenvalue weighted by Crippen LogP contribution is 2.23. The largest absolute Gasteiger partial charge is 0.443 e. The van der Waals surface area contributed by atoms with E-state index in [0.29, 0.717) is 12.3 Å². The SMILES string of the molecule is Cc1cccc(-c2ocnc2C(=O)NCc2ccc(F)cc2)c1. The van der Waals surface area contributed by atoms with Crippen molar-refractivity contribution in [1.82, 2.24) is 10.3 Å². The lowest BCUT2D eigenvalue weighted by Gasteiger charge is -2.05. The third kappa shape index (κ3) is 3.45. The number of nitrogens with zero attached hydrogens (tertiary/aromatic N) is 1. The number of aromatic nitrogens is 1. The van der Waals surface area contributed by atoms with Gasteiger partial charge in [0.2, 0.25) is 0 Å². The Morgan fingerprint density at radius 1 is 1.22 bits per heavy atom. The molecule has 0 aliphatic rings. The van der Waals surface area contributed by atoms with Gasteiger partial charge >= 0.3 is 0 Å². The van der Waals surface area contributed by atoms with Gasteiger partial charge in [-0.3, -0.25) is 4.79 Å². The molecule has 3 aromatic rings. The molecule has 116 valence electrons. The Bertz CT molecular complexity index is 825. The number of hydrogen-bond acceptors (Lipinski definition) is 3. The molecular formula is C18H15FN2O2. The minimum absolute atomic E-state index is 0.234. The Hall–Kier alpha value is -2.95. The highest BCUT2D eigenvalue weighted by molar-refractivity contribution is 5.97. The van der Waals surface area contributed by atoms with Crippen LogP contribution in [0.5, 0.6) is 0 Å². The summed E-state index contributed by atoms with van der Waals surface area (Å²) in [6.45, 7) is 2.26. The second-order valence-electron chi connectivity index (χ2n) is 5.21. The molecule has 3 rings (SSSR count). The van der Waals surface area contributed by atoms with E-state index in [9.17, 15) is 9.18 Å². The number of carbonyl (C=O) groups is 1. The summed E-state index contributed by atoms with van der Waals surface area (Å²) < 4.78 is 18.2. The van der Waals surface area contributed by atoms with Crippen LogP contribution in [-0.4, -0.2) is 10.9 Å².